The Morgan fingerprint density at radius 2 is 1.67 bits per heavy atom. The number of aromatic hydroxyl groups is 1. The molecule has 24 heavy (non-hydrogen) atoms. The van der Waals surface area contributed by atoms with Gasteiger partial charge in [-0.2, -0.15) is 0 Å². The molecule has 0 amide bonds. The van der Waals surface area contributed by atoms with Gasteiger partial charge in [0, 0.05) is 11.6 Å². The molecule has 0 saturated heterocycles. The number of phenolic OH excluding ortho intramolecular Hbond substituents is 1. The van der Waals surface area contributed by atoms with E-state index in [1.807, 2.05) is 24.3 Å². The molecular weight excluding hydrogens is 298 g/mol. The van der Waals surface area contributed by atoms with Crippen LogP contribution in [0.25, 0.3) is 0 Å². The predicted octanol–water partition coefficient (Wildman–Crippen LogP) is 2.95. The Morgan fingerprint density at radius 1 is 1.00 bits per heavy atom. The zero-order chi connectivity index (χ0) is 18.1. The number of nitrogens with one attached hydrogen (secondary N) is 2. The van der Waals surface area contributed by atoms with Crippen molar-refractivity contribution in [3.05, 3.63) is 47.2 Å². The van der Waals surface area contributed by atoms with Gasteiger partial charge >= 0.3 is 0 Å². The number of hydrazine groups is 1. The summed E-state index contributed by atoms with van der Waals surface area (Å²) in [4.78, 5) is 0. The van der Waals surface area contributed by atoms with Crippen LogP contribution in [-0.2, 0) is 10.8 Å². The summed E-state index contributed by atoms with van der Waals surface area (Å²) in [5.74, 6) is 0.272. The number of allylic oxidation sites excluding steroid dienone is 3. The average Bonchev–Trinajstić information content (AvgIpc) is 2.45. The topological polar surface area (TPSA) is 69.9 Å². The fourth-order valence-corrected chi connectivity index (χ4v) is 2.58. The van der Waals surface area contributed by atoms with E-state index in [0.29, 0.717) is 11.4 Å². The molecule has 0 saturated carbocycles. The van der Waals surface area contributed by atoms with Gasteiger partial charge in [-0.05, 0) is 35.0 Å². The largest absolute Gasteiger partial charge is 0.505 e. The van der Waals surface area contributed by atoms with Crippen LogP contribution < -0.4 is 16.3 Å². The molecule has 0 aliphatic heterocycles. The van der Waals surface area contributed by atoms with Crippen LogP contribution in [0.1, 0.15) is 59.1 Å². The highest BCUT2D eigenvalue weighted by atomic mass is 16.3. The molecule has 0 spiro atoms. The lowest BCUT2D eigenvalue weighted by atomic mass is 9.80. The van der Waals surface area contributed by atoms with Crippen LogP contribution in [0.4, 0.5) is 5.69 Å². The van der Waals surface area contributed by atoms with E-state index in [2.05, 4.69) is 58.5 Å². The fraction of sp³-hybridized carbons (Fsp3) is 0.450. The summed E-state index contributed by atoms with van der Waals surface area (Å²) >= 11 is 0. The maximum atomic E-state index is 10.7. The number of phenols is 1. The standard InChI is InChI=1S/C20H29N3O/c1-19(2,3)13-11-14(20(4,5)6)18(24)17(12-13)23-22-16-10-8-7-9-15(16)21/h7,9-12,21-24H,8H2,1-6H3/p+1. The summed E-state index contributed by atoms with van der Waals surface area (Å²) in [6.45, 7) is 12.8. The Bertz CT molecular complexity index is 701. The molecule has 0 heterocycles. The van der Waals surface area contributed by atoms with E-state index in [1.165, 1.54) is 5.56 Å². The molecule has 0 fully saturated rings. The molecule has 1 aliphatic carbocycles. The zero-order valence-corrected chi connectivity index (χ0v) is 15.6. The number of hydrogen-bond acceptors (Lipinski definition) is 3. The third-order valence-electron chi connectivity index (χ3n) is 4.18. The Hall–Kier alpha value is -2.23. The summed E-state index contributed by atoms with van der Waals surface area (Å²) < 4.78 is 0. The number of rotatable bonds is 3. The number of hydrogen-bond donors (Lipinski definition) is 4. The van der Waals surface area contributed by atoms with Crippen LogP contribution in [0.2, 0.25) is 0 Å². The third-order valence-corrected chi connectivity index (χ3v) is 4.18. The zero-order valence-electron chi connectivity index (χ0n) is 15.6. The van der Waals surface area contributed by atoms with E-state index in [9.17, 15) is 5.11 Å². The highest BCUT2D eigenvalue weighted by molar-refractivity contribution is 6.04. The molecule has 4 nitrogen and oxygen atoms in total. The molecule has 0 unspecified atom stereocenters. The van der Waals surface area contributed by atoms with Gasteiger partial charge in [0.05, 0.1) is 5.69 Å². The van der Waals surface area contributed by atoms with Crippen LogP contribution in [-0.4, -0.2) is 10.8 Å². The Labute approximate surface area is 145 Å². The summed E-state index contributed by atoms with van der Waals surface area (Å²) in [5.41, 5.74) is 10.4. The molecule has 4 heteroatoms. The van der Waals surface area contributed by atoms with Gasteiger partial charge in [-0.1, -0.05) is 53.7 Å². The van der Waals surface area contributed by atoms with Gasteiger partial charge < -0.3 is 5.11 Å². The first kappa shape index (κ1) is 18.1. The summed E-state index contributed by atoms with van der Waals surface area (Å²) in [6, 6.07) is 4.09. The van der Waals surface area contributed by atoms with E-state index in [1.54, 1.807) is 0 Å². The van der Waals surface area contributed by atoms with Crippen molar-refractivity contribution in [2.75, 3.05) is 5.43 Å². The van der Waals surface area contributed by atoms with Crippen molar-refractivity contribution in [3.8, 4) is 5.75 Å². The van der Waals surface area contributed by atoms with Crippen molar-refractivity contribution in [2.45, 2.75) is 58.8 Å². The minimum absolute atomic E-state index is 0.0118. The molecule has 130 valence electrons. The second-order valence-corrected chi connectivity index (χ2v) is 8.38. The lowest BCUT2D eigenvalue weighted by Gasteiger charge is -2.28. The Morgan fingerprint density at radius 3 is 2.21 bits per heavy atom. The SMILES string of the molecule is CC(C)(C)c1cc(NNC2=CCC=CC2=[NH2+])c(O)c(C(C)(C)C)c1. The minimum Gasteiger partial charge on any atom is -0.505 e. The summed E-state index contributed by atoms with van der Waals surface area (Å²) in [6.07, 6.45) is 6.75. The van der Waals surface area contributed by atoms with Gasteiger partial charge in [0.25, 0.3) is 0 Å². The van der Waals surface area contributed by atoms with Gasteiger partial charge in [0.15, 0.2) is 0 Å². The van der Waals surface area contributed by atoms with Crippen LogP contribution in [0.15, 0.2) is 36.1 Å². The van der Waals surface area contributed by atoms with Crippen LogP contribution in [0.5, 0.6) is 5.75 Å². The second-order valence-electron chi connectivity index (χ2n) is 8.38. The summed E-state index contributed by atoms with van der Waals surface area (Å²) in [5, 5.41) is 16.7. The van der Waals surface area contributed by atoms with Crippen LogP contribution >= 0.6 is 0 Å². The van der Waals surface area contributed by atoms with Crippen molar-refractivity contribution < 1.29 is 10.5 Å². The predicted molar refractivity (Wildman–Crippen MR) is 101 cm³/mol. The molecule has 0 bridgehead atoms. The molecular formula is C20H30N3O+. The summed E-state index contributed by atoms with van der Waals surface area (Å²) in [7, 11) is 0. The van der Waals surface area contributed by atoms with E-state index in [0.717, 1.165) is 17.7 Å². The first-order chi connectivity index (χ1) is 11.0. The van der Waals surface area contributed by atoms with Gasteiger partial charge in [-0.3, -0.25) is 16.3 Å². The van der Waals surface area contributed by atoms with Gasteiger partial charge in [-0.15, -0.1) is 0 Å². The first-order valence-corrected chi connectivity index (χ1v) is 8.39. The van der Waals surface area contributed by atoms with Crippen molar-refractivity contribution in [3.63, 3.8) is 0 Å². The van der Waals surface area contributed by atoms with E-state index >= 15 is 0 Å². The molecule has 5 N–H and O–H groups in total. The third kappa shape index (κ3) is 3.99. The molecule has 1 aromatic carbocycles. The quantitative estimate of drug-likeness (QED) is 0.509. The van der Waals surface area contributed by atoms with Gasteiger partial charge in [0.2, 0.25) is 5.71 Å². The van der Waals surface area contributed by atoms with E-state index < -0.39 is 0 Å². The Balaban J connectivity index is 2.38. The molecule has 1 aromatic rings. The van der Waals surface area contributed by atoms with Crippen molar-refractivity contribution in [2.24, 2.45) is 0 Å². The number of benzene rings is 1. The van der Waals surface area contributed by atoms with E-state index in [-0.39, 0.29) is 16.6 Å². The van der Waals surface area contributed by atoms with Crippen molar-refractivity contribution in [1.82, 2.24) is 5.43 Å². The van der Waals surface area contributed by atoms with Gasteiger partial charge in [-0.25, -0.2) is 0 Å². The minimum atomic E-state index is -0.153. The second kappa shape index (κ2) is 6.34. The molecule has 0 aromatic heterocycles. The van der Waals surface area contributed by atoms with E-state index in [4.69, 9.17) is 5.41 Å². The van der Waals surface area contributed by atoms with Crippen molar-refractivity contribution >= 4 is 11.4 Å². The normalized spacial score (nSPS) is 15.2. The monoisotopic (exact) mass is 328 g/mol. The number of anilines is 1. The number of nitrogens with two attached hydrogens (primary N) is 1. The average molecular weight is 328 g/mol. The highest BCUT2D eigenvalue weighted by Crippen LogP contribution is 2.40. The lowest BCUT2D eigenvalue weighted by molar-refractivity contribution is -0.111. The maximum absolute atomic E-state index is 10.7. The molecule has 1 aliphatic rings. The molecule has 2 rings (SSSR count). The smallest absolute Gasteiger partial charge is 0.221 e. The maximum Gasteiger partial charge on any atom is 0.221 e. The lowest BCUT2D eigenvalue weighted by Crippen LogP contribution is -2.44. The Kier molecular flexibility index (Phi) is 4.79. The van der Waals surface area contributed by atoms with Crippen LogP contribution in [0.3, 0.4) is 0 Å². The highest BCUT2D eigenvalue weighted by Gasteiger charge is 2.25. The molecule has 0 radical (unpaired) electrons. The van der Waals surface area contributed by atoms with Gasteiger partial charge in [0.1, 0.15) is 11.4 Å². The first-order valence-electron chi connectivity index (χ1n) is 8.39. The van der Waals surface area contributed by atoms with Crippen molar-refractivity contribution in [1.29, 1.82) is 0 Å². The fourth-order valence-electron chi connectivity index (χ4n) is 2.58. The van der Waals surface area contributed by atoms with Crippen LogP contribution in [0, 0.1) is 0 Å². The molecule has 0 atom stereocenters.